The molecule has 1 saturated carbocycles. The topological polar surface area (TPSA) is 29.1 Å². The molecule has 0 atom stereocenters. The zero-order valence-corrected chi connectivity index (χ0v) is 10.8. The Morgan fingerprint density at radius 2 is 1.82 bits per heavy atom. The van der Waals surface area contributed by atoms with Crippen molar-refractivity contribution in [1.29, 1.82) is 0 Å². The number of carbonyl (C=O) groups excluding carboxylic acids is 1. The van der Waals surface area contributed by atoms with Crippen LogP contribution in [0.4, 0.5) is 0 Å². The van der Waals surface area contributed by atoms with Gasteiger partial charge in [0.05, 0.1) is 0 Å². The highest BCUT2D eigenvalue weighted by Crippen LogP contribution is 2.18. The molecule has 0 radical (unpaired) electrons. The molecular weight excluding hydrogens is 210 g/mol. The van der Waals surface area contributed by atoms with E-state index in [9.17, 15) is 4.79 Å². The normalized spacial score (nSPS) is 16.8. The molecule has 1 fully saturated rings. The lowest BCUT2D eigenvalue weighted by atomic mass is 9.95. The summed E-state index contributed by atoms with van der Waals surface area (Å²) in [5.41, 5.74) is 3.21. The first-order valence-corrected chi connectivity index (χ1v) is 6.55. The molecule has 1 amide bonds. The molecule has 92 valence electrons. The van der Waals surface area contributed by atoms with Gasteiger partial charge in [-0.2, -0.15) is 0 Å². The molecule has 17 heavy (non-hydrogen) atoms. The van der Waals surface area contributed by atoms with Crippen molar-refractivity contribution in [2.75, 3.05) is 0 Å². The summed E-state index contributed by atoms with van der Waals surface area (Å²) in [5.74, 6) is 0.0833. The molecule has 0 saturated heterocycles. The lowest BCUT2D eigenvalue weighted by Gasteiger charge is -2.22. The van der Waals surface area contributed by atoms with E-state index in [4.69, 9.17) is 0 Å². The number of hydrogen-bond acceptors (Lipinski definition) is 1. The van der Waals surface area contributed by atoms with E-state index in [0.717, 1.165) is 18.4 Å². The summed E-state index contributed by atoms with van der Waals surface area (Å²) in [6.45, 7) is 4.12. The van der Waals surface area contributed by atoms with Gasteiger partial charge in [0.15, 0.2) is 0 Å². The zero-order chi connectivity index (χ0) is 12.3. The van der Waals surface area contributed by atoms with Crippen molar-refractivity contribution in [3.05, 3.63) is 34.9 Å². The second kappa shape index (κ2) is 5.35. The Bertz CT molecular complexity index is 405. The van der Waals surface area contributed by atoms with Gasteiger partial charge in [-0.15, -0.1) is 0 Å². The maximum Gasteiger partial charge on any atom is 0.251 e. The minimum atomic E-state index is 0.0833. The van der Waals surface area contributed by atoms with Crippen molar-refractivity contribution in [3.63, 3.8) is 0 Å². The van der Waals surface area contributed by atoms with E-state index in [1.165, 1.54) is 30.4 Å². The number of rotatable bonds is 2. The summed E-state index contributed by atoms with van der Waals surface area (Å²) in [7, 11) is 0. The van der Waals surface area contributed by atoms with Crippen molar-refractivity contribution in [2.24, 2.45) is 0 Å². The molecule has 1 aromatic carbocycles. The van der Waals surface area contributed by atoms with Crippen LogP contribution in [0.25, 0.3) is 0 Å². The quantitative estimate of drug-likeness (QED) is 0.830. The van der Waals surface area contributed by atoms with E-state index in [0.29, 0.717) is 6.04 Å². The maximum atomic E-state index is 12.1. The van der Waals surface area contributed by atoms with Crippen LogP contribution in [0.15, 0.2) is 18.2 Å². The number of carbonyl (C=O) groups is 1. The Labute approximate surface area is 103 Å². The third-order valence-electron chi connectivity index (χ3n) is 3.71. The molecule has 2 rings (SSSR count). The molecule has 0 spiro atoms. The molecular formula is C15H21NO. The third-order valence-corrected chi connectivity index (χ3v) is 3.71. The van der Waals surface area contributed by atoms with Gasteiger partial charge in [0.25, 0.3) is 5.91 Å². The van der Waals surface area contributed by atoms with E-state index in [1.807, 2.05) is 25.1 Å². The Morgan fingerprint density at radius 3 is 2.47 bits per heavy atom. The summed E-state index contributed by atoms with van der Waals surface area (Å²) in [6.07, 6.45) is 6.08. The lowest BCUT2D eigenvalue weighted by Crippen LogP contribution is -2.36. The molecule has 1 aromatic rings. The van der Waals surface area contributed by atoms with Gasteiger partial charge >= 0.3 is 0 Å². The van der Waals surface area contributed by atoms with Crippen LogP contribution in [-0.2, 0) is 0 Å². The first-order valence-electron chi connectivity index (χ1n) is 6.55. The number of benzene rings is 1. The van der Waals surface area contributed by atoms with Crippen LogP contribution in [0, 0.1) is 13.8 Å². The highest BCUT2D eigenvalue weighted by Gasteiger charge is 2.16. The Kier molecular flexibility index (Phi) is 3.82. The van der Waals surface area contributed by atoms with Crippen LogP contribution in [0.3, 0.4) is 0 Å². The van der Waals surface area contributed by atoms with Gasteiger partial charge in [0.2, 0.25) is 0 Å². The smallest absolute Gasteiger partial charge is 0.251 e. The fraction of sp³-hybridized carbons (Fsp3) is 0.533. The van der Waals surface area contributed by atoms with Crippen molar-refractivity contribution in [3.8, 4) is 0 Å². The zero-order valence-electron chi connectivity index (χ0n) is 10.8. The van der Waals surface area contributed by atoms with Gasteiger partial charge < -0.3 is 5.32 Å². The van der Waals surface area contributed by atoms with E-state index >= 15 is 0 Å². The van der Waals surface area contributed by atoms with Crippen molar-refractivity contribution in [2.45, 2.75) is 52.0 Å². The minimum absolute atomic E-state index is 0.0833. The number of aryl methyl sites for hydroxylation is 2. The van der Waals surface area contributed by atoms with Crippen molar-refractivity contribution < 1.29 is 4.79 Å². The Hall–Kier alpha value is -1.31. The molecule has 0 unspecified atom stereocenters. The summed E-state index contributed by atoms with van der Waals surface area (Å²) in [5, 5.41) is 3.14. The summed E-state index contributed by atoms with van der Waals surface area (Å²) in [6, 6.07) is 6.30. The van der Waals surface area contributed by atoms with Gasteiger partial charge in [-0.25, -0.2) is 0 Å². The third kappa shape index (κ3) is 3.09. The van der Waals surface area contributed by atoms with Crippen LogP contribution >= 0.6 is 0 Å². The summed E-state index contributed by atoms with van der Waals surface area (Å²) < 4.78 is 0. The van der Waals surface area contributed by atoms with Crippen LogP contribution in [0.5, 0.6) is 0 Å². The maximum absolute atomic E-state index is 12.1. The van der Waals surface area contributed by atoms with Gasteiger partial charge in [0.1, 0.15) is 0 Å². The van der Waals surface area contributed by atoms with Crippen LogP contribution in [0.2, 0.25) is 0 Å². The predicted octanol–water partition coefficient (Wildman–Crippen LogP) is 3.37. The first-order chi connectivity index (χ1) is 8.16. The van der Waals surface area contributed by atoms with Gasteiger partial charge in [0, 0.05) is 11.6 Å². The van der Waals surface area contributed by atoms with E-state index in [1.54, 1.807) is 0 Å². The van der Waals surface area contributed by atoms with Gasteiger partial charge in [-0.1, -0.05) is 25.3 Å². The lowest BCUT2D eigenvalue weighted by molar-refractivity contribution is 0.0927. The van der Waals surface area contributed by atoms with E-state index in [2.05, 4.69) is 12.2 Å². The minimum Gasteiger partial charge on any atom is -0.349 e. The second-order valence-corrected chi connectivity index (χ2v) is 5.11. The van der Waals surface area contributed by atoms with Crippen molar-refractivity contribution >= 4 is 5.91 Å². The van der Waals surface area contributed by atoms with Crippen LogP contribution in [-0.4, -0.2) is 11.9 Å². The predicted molar refractivity (Wildman–Crippen MR) is 70.3 cm³/mol. The fourth-order valence-corrected chi connectivity index (χ4v) is 2.40. The molecule has 0 heterocycles. The van der Waals surface area contributed by atoms with Gasteiger partial charge in [-0.3, -0.25) is 4.79 Å². The fourth-order valence-electron chi connectivity index (χ4n) is 2.40. The van der Waals surface area contributed by atoms with Gasteiger partial charge in [-0.05, 0) is 49.9 Å². The molecule has 0 aromatic heterocycles. The number of amides is 1. The van der Waals surface area contributed by atoms with Crippen LogP contribution in [0.1, 0.15) is 53.6 Å². The highest BCUT2D eigenvalue weighted by molar-refractivity contribution is 5.94. The SMILES string of the molecule is Cc1ccc(C(=O)NC2CCCCC2)cc1C. The highest BCUT2D eigenvalue weighted by atomic mass is 16.1. The Morgan fingerprint density at radius 1 is 1.12 bits per heavy atom. The largest absolute Gasteiger partial charge is 0.349 e. The summed E-state index contributed by atoms with van der Waals surface area (Å²) >= 11 is 0. The number of nitrogens with one attached hydrogen (secondary N) is 1. The van der Waals surface area contributed by atoms with Crippen molar-refractivity contribution in [1.82, 2.24) is 5.32 Å². The Balaban J connectivity index is 2.01. The summed E-state index contributed by atoms with van der Waals surface area (Å²) in [4.78, 5) is 12.1. The molecule has 2 nitrogen and oxygen atoms in total. The monoisotopic (exact) mass is 231 g/mol. The van der Waals surface area contributed by atoms with E-state index in [-0.39, 0.29) is 5.91 Å². The second-order valence-electron chi connectivity index (χ2n) is 5.11. The molecule has 1 aliphatic carbocycles. The molecule has 1 N–H and O–H groups in total. The first kappa shape index (κ1) is 12.2. The average Bonchev–Trinajstić information content (AvgIpc) is 2.34. The molecule has 0 aliphatic heterocycles. The molecule has 2 heteroatoms. The van der Waals surface area contributed by atoms with E-state index < -0.39 is 0 Å². The average molecular weight is 231 g/mol. The number of hydrogen-bond donors (Lipinski definition) is 1. The molecule has 0 bridgehead atoms. The molecule has 1 aliphatic rings. The van der Waals surface area contributed by atoms with Crippen LogP contribution < -0.4 is 5.32 Å². The standard InChI is InChI=1S/C15H21NO/c1-11-8-9-13(10-12(11)2)15(17)16-14-6-4-3-5-7-14/h8-10,14H,3-7H2,1-2H3,(H,16,17).